The molecular formula is C14H18ClN3O3S. The first-order valence-corrected chi connectivity index (χ1v) is 9.04. The lowest BCUT2D eigenvalue weighted by Crippen LogP contribution is -2.43. The number of sulfonamides is 1. The van der Waals surface area contributed by atoms with Gasteiger partial charge in [-0.05, 0) is 50.7 Å². The van der Waals surface area contributed by atoms with Gasteiger partial charge in [-0.15, -0.1) is 0 Å². The molecule has 2 aliphatic heterocycles. The average molecular weight is 344 g/mol. The summed E-state index contributed by atoms with van der Waals surface area (Å²) in [7, 11) is -1.87. The van der Waals surface area contributed by atoms with E-state index in [1.165, 1.54) is 6.07 Å². The molecule has 0 aliphatic carbocycles. The molecule has 1 aromatic carbocycles. The Bertz CT molecular complexity index is 727. The third-order valence-corrected chi connectivity index (χ3v) is 5.80. The van der Waals surface area contributed by atoms with Crippen LogP contribution in [0.25, 0.3) is 0 Å². The van der Waals surface area contributed by atoms with Gasteiger partial charge in [-0.25, -0.2) is 13.6 Å². The normalized spacial score (nSPS) is 20.5. The van der Waals surface area contributed by atoms with Gasteiger partial charge in [-0.3, -0.25) is 4.79 Å². The molecule has 6 nitrogen and oxygen atoms in total. The summed E-state index contributed by atoms with van der Waals surface area (Å²) in [5.74, 6) is -0.133. The lowest BCUT2D eigenvalue weighted by molar-refractivity contribution is 0.0617. The molecule has 1 amide bonds. The fourth-order valence-corrected chi connectivity index (χ4v) is 4.28. The van der Waals surface area contributed by atoms with Gasteiger partial charge in [-0.1, -0.05) is 11.6 Å². The fraction of sp³-hybridized carbons (Fsp3) is 0.500. The highest BCUT2D eigenvalue weighted by Gasteiger charge is 2.35. The predicted octanol–water partition coefficient (Wildman–Crippen LogP) is 1.04. The predicted molar refractivity (Wildman–Crippen MR) is 83.2 cm³/mol. The summed E-state index contributed by atoms with van der Waals surface area (Å²) >= 11 is 6.00. The van der Waals surface area contributed by atoms with Gasteiger partial charge in [0.25, 0.3) is 5.91 Å². The van der Waals surface area contributed by atoms with Crippen LogP contribution in [0, 0.1) is 0 Å². The minimum absolute atomic E-state index is 0.0688. The van der Waals surface area contributed by atoms with E-state index in [-0.39, 0.29) is 21.9 Å². The summed E-state index contributed by atoms with van der Waals surface area (Å²) in [6.07, 6.45) is 1.85. The van der Waals surface area contributed by atoms with E-state index in [0.717, 1.165) is 31.5 Å². The Labute approximate surface area is 134 Å². The number of fused-ring (bicyclic) bond motifs is 1. The van der Waals surface area contributed by atoms with Gasteiger partial charge in [0.2, 0.25) is 10.0 Å². The summed E-state index contributed by atoms with van der Waals surface area (Å²) in [5, 5.41) is 5.22. The topological polar surface area (TPSA) is 83.7 Å². The Morgan fingerprint density at radius 3 is 2.50 bits per heavy atom. The third-order valence-electron chi connectivity index (χ3n) is 4.43. The number of rotatable bonds is 2. The summed E-state index contributed by atoms with van der Waals surface area (Å²) in [6, 6.07) is 3.04. The number of halogens is 1. The SMILES string of the molecule is CN1CCC(N2Cc3cc(Cl)c(S(N)(=O)=O)cc3C2=O)CC1. The number of carbonyl (C=O) groups excluding carboxylic acids is 1. The van der Waals surface area contributed by atoms with Crippen molar-refractivity contribution in [3.8, 4) is 0 Å². The van der Waals surface area contributed by atoms with E-state index < -0.39 is 10.0 Å². The van der Waals surface area contributed by atoms with Crippen molar-refractivity contribution in [3.63, 3.8) is 0 Å². The van der Waals surface area contributed by atoms with Crippen LogP contribution in [-0.4, -0.2) is 50.3 Å². The average Bonchev–Trinajstić information content (AvgIpc) is 2.74. The van der Waals surface area contributed by atoms with Crippen LogP contribution in [0.5, 0.6) is 0 Å². The molecule has 1 aromatic rings. The van der Waals surface area contributed by atoms with Crippen LogP contribution >= 0.6 is 11.6 Å². The Hall–Kier alpha value is -1.15. The first-order valence-electron chi connectivity index (χ1n) is 7.12. The molecule has 2 heterocycles. The maximum Gasteiger partial charge on any atom is 0.254 e. The van der Waals surface area contributed by atoms with Crippen molar-refractivity contribution in [2.75, 3.05) is 20.1 Å². The first kappa shape index (κ1) is 15.7. The van der Waals surface area contributed by atoms with Gasteiger partial charge >= 0.3 is 0 Å². The molecule has 1 saturated heterocycles. The van der Waals surface area contributed by atoms with Crippen molar-refractivity contribution < 1.29 is 13.2 Å². The highest BCUT2D eigenvalue weighted by atomic mass is 35.5. The highest BCUT2D eigenvalue weighted by molar-refractivity contribution is 7.89. The van der Waals surface area contributed by atoms with Gasteiger partial charge in [0.1, 0.15) is 4.90 Å². The van der Waals surface area contributed by atoms with Crippen molar-refractivity contribution in [1.82, 2.24) is 9.80 Å². The number of hydrogen-bond acceptors (Lipinski definition) is 4. The Morgan fingerprint density at radius 2 is 1.91 bits per heavy atom. The number of nitrogens with zero attached hydrogens (tertiary/aromatic N) is 2. The molecule has 0 atom stereocenters. The Morgan fingerprint density at radius 1 is 1.27 bits per heavy atom. The second-order valence-corrected chi connectivity index (χ2v) is 7.89. The number of hydrogen-bond donors (Lipinski definition) is 1. The summed E-state index contributed by atoms with van der Waals surface area (Å²) in [6.45, 7) is 2.38. The van der Waals surface area contributed by atoms with Gasteiger partial charge in [-0.2, -0.15) is 0 Å². The number of primary sulfonamides is 1. The Balaban J connectivity index is 1.91. The van der Waals surface area contributed by atoms with Gasteiger partial charge < -0.3 is 9.80 Å². The Kier molecular flexibility index (Phi) is 3.92. The molecule has 8 heteroatoms. The molecule has 0 bridgehead atoms. The largest absolute Gasteiger partial charge is 0.331 e. The van der Waals surface area contributed by atoms with Crippen LogP contribution in [0.3, 0.4) is 0 Å². The zero-order chi connectivity index (χ0) is 16.1. The molecule has 0 radical (unpaired) electrons. The number of nitrogens with two attached hydrogens (primary N) is 1. The molecule has 0 aromatic heterocycles. The van der Waals surface area contributed by atoms with Crippen LogP contribution in [-0.2, 0) is 16.6 Å². The number of piperidine rings is 1. The van der Waals surface area contributed by atoms with Crippen molar-refractivity contribution in [2.24, 2.45) is 5.14 Å². The molecule has 1 fully saturated rings. The molecule has 22 heavy (non-hydrogen) atoms. The smallest absolute Gasteiger partial charge is 0.254 e. The van der Waals surface area contributed by atoms with Gasteiger partial charge in [0.05, 0.1) is 5.02 Å². The van der Waals surface area contributed by atoms with Crippen molar-refractivity contribution in [2.45, 2.75) is 30.3 Å². The minimum atomic E-state index is -3.94. The van der Waals surface area contributed by atoms with E-state index in [1.807, 2.05) is 4.90 Å². The lowest BCUT2D eigenvalue weighted by atomic mass is 10.0. The molecule has 2 aliphatic rings. The molecule has 0 saturated carbocycles. The second-order valence-electron chi connectivity index (χ2n) is 5.95. The zero-order valence-corrected chi connectivity index (χ0v) is 13.8. The molecule has 0 unspecified atom stereocenters. The fourth-order valence-electron chi connectivity index (χ4n) is 3.15. The zero-order valence-electron chi connectivity index (χ0n) is 12.3. The third kappa shape index (κ3) is 2.74. The maximum absolute atomic E-state index is 12.6. The lowest BCUT2D eigenvalue weighted by Gasteiger charge is -2.34. The van der Waals surface area contributed by atoms with Crippen molar-refractivity contribution in [3.05, 3.63) is 28.3 Å². The number of benzene rings is 1. The van der Waals surface area contributed by atoms with Crippen molar-refractivity contribution >= 4 is 27.5 Å². The van der Waals surface area contributed by atoms with Crippen LogP contribution in [0.4, 0.5) is 0 Å². The number of likely N-dealkylation sites (tertiary alicyclic amines) is 1. The van der Waals surface area contributed by atoms with Gasteiger partial charge in [0, 0.05) is 18.2 Å². The van der Waals surface area contributed by atoms with Crippen LogP contribution in [0.2, 0.25) is 5.02 Å². The summed E-state index contributed by atoms with van der Waals surface area (Å²) < 4.78 is 23.1. The van der Waals surface area contributed by atoms with Crippen LogP contribution in [0.15, 0.2) is 17.0 Å². The highest BCUT2D eigenvalue weighted by Crippen LogP contribution is 2.33. The van der Waals surface area contributed by atoms with Crippen LogP contribution in [0.1, 0.15) is 28.8 Å². The monoisotopic (exact) mass is 343 g/mol. The maximum atomic E-state index is 12.6. The summed E-state index contributed by atoms with van der Waals surface area (Å²) in [5.41, 5.74) is 1.16. The van der Waals surface area contributed by atoms with E-state index in [0.29, 0.717) is 12.1 Å². The molecular weight excluding hydrogens is 326 g/mol. The standard InChI is InChI=1S/C14H18ClN3O3S/c1-17-4-2-10(3-5-17)18-8-9-6-12(15)13(22(16,20)21)7-11(9)14(18)19/h6-7,10H,2-5,8H2,1H3,(H2,16,20,21). The first-order chi connectivity index (χ1) is 10.3. The van der Waals surface area contributed by atoms with E-state index in [2.05, 4.69) is 11.9 Å². The second kappa shape index (κ2) is 5.49. The molecule has 3 rings (SSSR count). The number of carbonyl (C=O) groups is 1. The van der Waals surface area contributed by atoms with E-state index in [1.54, 1.807) is 6.07 Å². The summed E-state index contributed by atoms with van der Waals surface area (Å²) in [4.78, 5) is 16.5. The van der Waals surface area contributed by atoms with Gasteiger partial charge in [0.15, 0.2) is 0 Å². The minimum Gasteiger partial charge on any atom is -0.331 e. The van der Waals surface area contributed by atoms with E-state index >= 15 is 0 Å². The molecule has 120 valence electrons. The number of amides is 1. The van der Waals surface area contributed by atoms with Crippen LogP contribution < -0.4 is 5.14 Å². The van der Waals surface area contributed by atoms with E-state index in [4.69, 9.17) is 16.7 Å². The van der Waals surface area contributed by atoms with Crippen molar-refractivity contribution in [1.29, 1.82) is 0 Å². The molecule has 0 spiro atoms. The quantitative estimate of drug-likeness (QED) is 0.869. The molecule has 2 N–H and O–H groups in total. The van der Waals surface area contributed by atoms with E-state index in [9.17, 15) is 13.2 Å².